The van der Waals surface area contributed by atoms with Crippen LogP contribution in [0, 0.1) is 0 Å². The SMILES string of the molecule is Nc1cncnc1NCc1sccc1Br. The predicted octanol–water partition coefficient (Wildman–Crippen LogP) is 2.49. The molecular weight excluding hydrogens is 276 g/mol. The summed E-state index contributed by atoms with van der Waals surface area (Å²) in [7, 11) is 0. The average molecular weight is 285 g/mol. The predicted molar refractivity (Wildman–Crippen MR) is 65.8 cm³/mol. The van der Waals surface area contributed by atoms with Crippen LogP contribution in [0.4, 0.5) is 11.5 Å². The minimum Gasteiger partial charge on any atom is -0.394 e. The molecule has 0 aromatic carbocycles. The number of aromatic nitrogens is 2. The highest BCUT2D eigenvalue weighted by Crippen LogP contribution is 2.24. The number of anilines is 2. The van der Waals surface area contributed by atoms with Crippen molar-refractivity contribution in [2.75, 3.05) is 11.1 Å². The molecule has 0 aliphatic heterocycles. The van der Waals surface area contributed by atoms with Crippen molar-refractivity contribution in [2.24, 2.45) is 0 Å². The van der Waals surface area contributed by atoms with Gasteiger partial charge in [0.25, 0.3) is 0 Å². The Morgan fingerprint density at radius 1 is 1.53 bits per heavy atom. The first kappa shape index (κ1) is 10.4. The Bertz CT molecular complexity index is 457. The number of nitrogens with one attached hydrogen (secondary N) is 1. The van der Waals surface area contributed by atoms with Gasteiger partial charge in [-0.15, -0.1) is 11.3 Å². The Hall–Kier alpha value is -1.14. The van der Waals surface area contributed by atoms with Crippen LogP contribution in [0.2, 0.25) is 0 Å². The lowest BCUT2D eigenvalue weighted by atomic mass is 10.4. The number of hydrogen-bond donors (Lipinski definition) is 2. The van der Waals surface area contributed by atoms with Gasteiger partial charge in [-0.1, -0.05) is 0 Å². The number of thiophene rings is 1. The number of hydrogen-bond acceptors (Lipinski definition) is 5. The highest BCUT2D eigenvalue weighted by molar-refractivity contribution is 9.10. The minimum absolute atomic E-state index is 0.560. The van der Waals surface area contributed by atoms with Crippen molar-refractivity contribution in [1.82, 2.24) is 9.97 Å². The molecule has 0 unspecified atom stereocenters. The van der Waals surface area contributed by atoms with Gasteiger partial charge in [-0.05, 0) is 27.4 Å². The summed E-state index contributed by atoms with van der Waals surface area (Å²) < 4.78 is 1.10. The molecule has 3 N–H and O–H groups in total. The van der Waals surface area contributed by atoms with E-state index in [0.29, 0.717) is 18.1 Å². The van der Waals surface area contributed by atoms with Gasteiger partial charge >= 0.3 is 0 Å². The van der Waals surface area contributed by atoms with E-state index in [9.17, 15) is 0 Å². The van der Waals surface area contributed by atoms with Gasteiger partial charge in [0.15, 0.2) is 5.82 Å². The van der Waals surface area contributed by atoms with Crippen LogP contribution >= 0.6 is 27.3 Å². The van der Waals surface area contributed by atoms with Crippen molar-refractivity contribution in [3.05, 3.63) is 33.3 Å². The molecule has 0 bridgehead atoms. The highest BCUT2D eigenvalue weighted by Gasteiger charge is 2.03. The summed E-state index contributed by atoms with van der Waals surface area (Å²) in [5, 5.41) is 5.19. The summed E-state index contributed by atoms with van der Waals surface area (Å²) in [5.74, 6) is 0.672. The van der Waals surface area contributed by atoms with E-state index in [4.69, 9.17) is 5.73 Å². The molecule has 0 spiro atoms. The fraction of sp³-hybridized carbons (Fsp3) is 0.111. The molecule has 0 fully saturated rings. The van der Waals surface area contributed by atoms with E-state index < -0.39 is 0 Å². The maximum Gasteiger partial charge on any atom is 0.152 e. The second-order valence-corrected chi connectivity index (χ2v) is 4.73. The number of halogens is 1. The van der Waals surface area contributed by atoms with E-state index in [1.54, 1.807) is 17.5 Å². The molecule has 15 heavy (non-hydrogen) atoms. The van der Waals surface area contributed by atoms with E-state index in [2.05, 4.69) is 31.2 Å². The van der Waals surface area contributed by atoms with E-state index >= 15 is 0 Å². The summed E-state index contributed by atoms with van der Waals surface area (Å²) in [6, 6.07) is 2.02. The largest absolute Gasteiger partial charge is 0.394 e. The molecule has 78 valence electrons. The lowest BCUT2D eigenvalue weighted by Gasteiger charge is -2.05. The number of nitrogens with zero attached hydrogens (tertiary/aromatic N) is 2. The summed E-state index contributed by atoms with van der Waals surface area (Å²) >= 11 is 5.15. The smallest absolute Gasteiger partial charge is 0.152 e. The molecule has 2 rings (SSSR count). The van der Waals surface area contributed by atoms with E-state index in [1.165, 1.54) is 11.2 Å². The van der Waals surface area contributed by atoms with Crippen LogP contribution < -0.4 is 11.1 Å². The fourth-order valence-electron chi connectivity index (χ4n) is 1.10. The Labute approximate surface area is 99.7 Å². The minimum atomic E-state index is 0.560. The maximum atomic E-state index is 5.70. The van der Waals surface area contributed by atoms with Crippen molar-refractivity contribution in [2.45, 2.75) is 6.54 Å². The standard InChI is InChI=1S/C9H9BrN4S/c10-6-1-2-15-8(6)4-13-9-7(11)3-12-5-14-9/h1-3,5H,4,11H2,(H,12,13,14). The lowest BCUT2D eigenvalue weighted by molar-refractivity contribution is 1.10. The van der Waals surface area contributed by atoms with E-state index in [0.717, 1.165) is 4.47 Å². The van der Waals surface area contributed by atoms with E-state index in [-0.39, 0.29) is 0 Å². The molecule has 0 aliphatic rings. The normalized spacial score (nSPS) is 10.2. The molecule has 0 saturated heterocycles. The van der Waals surface area contributed by atoms with Crippen LogP contribution in [0.5, 0.6) is 0 Å². The van der Waals surface area contributed by atoms with Crippen LogP contribution in [0.15, 0.2) is 28.4 Å². The molecule has 2 aromatic heterocycles. The van der Waals surface area contributed by atoms with Crippen LogP contribution in [0.1, 0.15) is 4.88 Å². The first-order valence-electron chi connectivity index (χ1n) is 4.28. The van der Waals surface area contributed by atoms with Gasteiger partial charge in [0.2, 0.25) is 0 Å². The third-order valence-electron chi connectivity index (χ3n) is 1.85. The molecule has 0 radical (unpaired) electrons. The molecule has 4 nitrogen and oxygen atoms in total. The summed E-state index contributed by atoms with van der Waals surface area (Å²) in [5.41, 5.74) is 6.26. The van der Waals surface area contributed by atoms with Crippen molar-refractivity contribution < 1.29 is 0 Å². The van der Waals surface area contributed by atoms with Crippen molar-refractivity contribution >= 4 is 38.8 Å². The molecule has 0 saturated carbocycles. The topological polar surface area (TPSA) is 63.8 Å². The zero-order chi connectivity index (χ0) is 10.7. The highest BCUT2D eigenvalue weighted by atomic mass is 79.9. The molecule has 0 amide bonds. The van der Waals surface area contributed by atoms with Crippen LogP contribution in [-0.4, -0.2) is 9.97 Å². The Balaban J connectivity index is 2.06. The molecule has 2 heterocycles. The molecule has 0 aliphatic carbocycles. The second-order valence-electron chi connectivity index (χ2n) is 2.87. The van der Waals surface area contributed by atoms with Crippen LogP contribution in [0.3, 0.4) is 0 Å². The molecular formula is C9H9BrN4S. The Morgan fingerprint density at radius 3 is 3.07 bits per heavy atom. The second kappa shape index (κ2) is 4.59. The molecule has 0 atom stereocenters. The van der Waals surface area contributed by atoms with Crippen molar-refractivity contribution in [3.63, 3.8) is 0 Å². The van der Waals surface area contributed by atoms with Crippen molar-refractivity contribution in [3.8, 4) is 0 Å². The van der Waals surface area contributed by atoms with Crippen LogP contribution in [-0.2, 0) is 6.54 Å². The zero-order valence-corrected chi connectivity index (χ0v) is 10.2. The summed E-state index contributed by atoms with van der Waals surface area (Å²) in [6.45, 7) is 0.708. The third kappa shape index (κ3) is 2.45. The van der Waals surface area contributed by atoms with Crippen molar-refractivity contribution in [1.29, 1.82) is 0 Å². The fourth-order valence-corrected chi connectivity index (χ4v) is 2.54. The first-order chi connectivity index (χ1) is 7.27. The number of nitrogens with two attached hydrogens (primary N) is 1. The molecule has 6 heteroatoms. The number of rotatable bonds is 3. The average Bonchev–Trinajstić information content (AvgIpc) is 2.63. The first-order valence-corrected chi connectivity index (χ1v) is 5.96. The summed E-state index contributed by atoms with van der Waals surface area (Å²) in [6.07, 6.45) is 3.06. The lowest BCUT2D eigenvalue weighted by Crippen LogP contribution is -2.04. The monoisotopic (exact) mass is 284 g/mol. The van der Waals surface area contributed by atoms with Crippen LogP contribution in [0.25, 0.3) is 0 Å². The van der Waals surface area contributed by atoms with Gasteiger partial charge in [0.1, 0.15) is 6.33 Å². The maximum absolute atomic E-state index is 5.70. The van der Waals surface area contributed by atoms with Gasteiger partial charge in [-0.25, -0.2) is 9.97 Å². The number of nitrogen functional groups attached to an aromatic ring is 1. The van der Waals surface area contributed by atoms with E-state index in [1.807, 2.05) is 11.4 Å². The van der Waals surface area contributed by atoms with Gasteiger partial charge in [-0.3, -0.25) is 0 Å². The van der Waals surface area contributed by atoms with Gasteiger partial charge < -0.3 is 11.1 Å². The Kier molecular flexibility index (Phi) is 3.17. The quantitative estimate of drug-likeness (QED) is 0.909. The molecule has 2 aromatic rings. The summed E-state index contributed by atoms with van der Waals surface area (Å²) in [4.78, 5) is 9.09. The Morgan fingerprint density at radius 2 is 2.40 bits per heavy atom. The van der Waals surface area contributed by atoms with Gasteiger partial charge in [0.05, 0.1) is 18.4 Å². The zero-order valence-electron chi connectivity index (χ0n) is 7.77. The van der Waals surface area contributed by atoms with Gasteiger partial charge in [-0.2, -0.15) is 0 Å². The third-order valence-corrected chi connectivity index (χ3v) is 3.77. The van der Waals surface area contributed by atoms with Gasteiger partial charge in [0, 0.05) is 9.35 Å².